The number of rotatable bonds is 4. The number of hydrogen-bond donors (Lipinski definition) is 1. The Balaban J connectivity index is 2.43. The molecule has 1 unspecified atom stereocenters. The summed E-state index contributed by atoms with van der Waals surface area (Å²) >= 11 is 0. The Kier molecular flexibility index (Phi) is 4.35. The van der Waals surface area contributed by atoms with Crippen molar-refractivity contribution in [2.75, 3.05) is 14.1 Å². The molecular weight excluding hydrogens is 232 g/mol. The van der Waals surface area contributed by atoms with Crippen LogP contribution in [0.3, 0.4) is 0 Å². The van der Waals surface area contributed by atoms with Gasteiger partial charge in [-0.2, -0.15) is 0 Å². The van der Waals surface area contributed by atoms with E-state index in [1.54, 1.807) is 0 Å². The maximum Gasteiger partial charge on any atom is 0.0599 e. The Labute approximate surface area is 115 Å². The molecule has 100 valence electrons. The zero-order chi connectivity index (χ0) is 13.8. The van der Waals surface area contributed by atoms with Gasteiger partial charge in [-0.1, -0.05) is 48.5 Å². The highest BCUT2D eigenvalue weighted by Crippen LogP contribution is 2.29. The highest BCUT2D eigenvalue weighted by atomic mass is 15.1. The van der Waals surface area contributed by atoms with Crippen molar-refractivity contribution >= 4 is 0 Å². The Hall–Kier alpha value is -1.64. The molecule has 2 N–H and O–H groups in total. The van der Waals surface area contributed by atoms with Crippen LogP contribution in [0.2, 0.25) is 0 Å². The summed E-state index contributed by atoms with van der Waals surface area (Å²) in [5.41, 5.74) is 10.8. The zero-order valence-corrected chi connectivity index (χ0v) is 11.9. The lowest BCUT2D eigenvalue weighted by Crippen LogP contribution is -2.21. The van der Waals surface area contributed by atoms with Crippen LogP contribution in [-0.4, -0.2) is 19.0 Å². The van der Waals surface area contributed by atoms with E-state index in [2.05, 4.69) is 74.4 Å². The molecule has 19 heavy (non-hydrogen) atoms. The van der Waals surface area contributed by atoms with Crippen molar-refractivity contribution in [3.63, 3.8) is 0 Å². The largest absolute Gasteiger partial charge is 0.326 e. The number of hydrogen-bond acceptors (Lipinski definition) is 2. The van der Waals surface area contributed by atoms with Gasteiger partial charge in [0.15, 0.2) is 0 Å². The molecule has 0 aliphatic heterocycles. The highest BCUT2D eigenvalue weighted by molar-refractivity contribution is 5.37. The van der Waals surface area contributed by atoms with E-state index in [0.29, 0.717) is 6.54 Å². The van der Waals surface area contributed by atoms with E-state index in [0.717, 1.165) is 0 Å². The lowest BCUT2D eigenvalue weighted by molar-refractivity contribution is 0.341. The summed E-state index contributed by atoms with van der Waals surface area (Å²) in [4.78, 5) is 2.25. The average molecular weight is 254 g/mol. The molecule has 0 aliphatic rings. The van der Waals surface area contributed by atoms with Gasteiger partial charge >= 0.3 is 0 Å². The highest BCUT2D eigenvalue weighted by Gasteiger charge is 2.17. The zero-order valence-electron chi connectivity index (χ0n) is 11.9. The molecule has 0 bridgehead atoms. The molecule has 2 nitrogen and oxygen atoms in total. The van der Waals surface area contributed by atoms with Crippen LogP contribution in [0, 0.1) is 6.92 Å². The number of aryl methyl sites for hydroxylation is 1. The normalized spacial score (nSPS) is 12.7. The predicted molar refractivity (Wildman–Crippen MR) is 81.0 cm³/mol. The third-order valence-corrected chi connectivity index (χ3v) is 3.53. The first kappa shape index (κ1) is 13.8. The molecule has 0 aliphatic carbocycles. The minimum absolute atomic E-state index is 0.285. The lowest BCUT2D eigenvalue weighted by atomic mass is 9.93. The molecule has 1 atom stereocenters. The monoisotopic (exact) mass is 254 g/mol. The van der Waals surface area contributed by atoms with Crippen LogP contribution in [-0.2, 0) is 6.54 Å². The van der Waals surface area contributed by atoms with E-state index < -0.39 is 0 Å². The number of benzene rings is 2. The lowest BCUT2D eigenvalue weighted by Gasteiger charge is -2.27. The first-order valence-corrected chi connectivity index (χ1v) is 6.64. The van der Waals surface area contributed by atoms with Crippen molar-refractivity contribution in [3.05, 3.63) is 70.8 Å². The SMILES string of the molecule is Cc1ccccc1C(c1ccc(CN)cc1)N(C)C. The van der Waals surface area contributed by atoms with Crippen LogP contribution in [0.4, 0.5) is 0 Å². The summed E-state index contributed by atoms with van der Waals surface area (Å²) < 4.78 is 0. The molecule has 0 saturated heterocycles. The molecule has 0 aromatic heterocycles. The molecule has 0 fully saturated rings. The van der Waals surface area contributed by atoms with E-state index in [1.807, 2.05) is 0 Å². The van der Waals surface area contributed by atoms with E-state index in [1.165, 1.54) is 22.3 Å². The molecule has 0 radical (unpaired) electrons. The summed E-state index contributed by atoms with van der Waals surface area (Å²) in [7, 11) is 4.24. The van der Waals surface area contributed by atoms with Gasteiger partial charge in [-0.05, 0) is 43.3 Å². The van der Waals surface area contributed by atoms with Gasteiger partial charge in [-0.25, -0.2) is 0 Å². The van der Waals surface area contributed by atoms with Crippen LogP contribution in [0.15, 0.2) is 48.5 Å². The second-order valence-electron chi connectivity index (χ2n) is 5.17. The van der Waals surface area contributed by atoms with Crippen molar-refractivity contribution in [3.8, 4) is 0 Å². The van der Waals surface area contributed by atoms with Gasteiger partial charge in [0.2, 0.25) is 0 Å². The Morgan fingerprint density at radius 3 is 2.16 bits per heavy atom. The van der Waals surface area contributed by atoms with Gasteiger partial charge in [-0.15, -0.1) is 0 Å². The number of nitrogens with zero attached hydrogens (tertiary/aromatic N) is 1. The molecular formula is C17H22N2. The fourth-order valence-electron chi connectivity index (χ4n) is 2.49. The van der Waals surface area contributed by atoms with E-state index in [4.69, 9.17) is 5.73 Å². The van der Waals surface area contributed by atoms with Gasteiger partial charge in [0.05, 0.1) is 6.04 Å². The molecule has 0 amide bonds. The van der Waals surface area contributed by atoms with Gasteiger partial charge in [0, 0.05) is 6.54 Å². The van der Waals surface area contributed by atoms with Crippen LogP contribution < -0.4 is 5.73 Å². The molecule has 0 saturated carbocycles. The fourth-order valence-corrected chi connectivity index (χ4v) is 2.49. The summed E-state index contributed by atoms with van der Waals surface area (Å²) in [6, 6.07) is 17.4. The summed E-state index contributed by atoms with van der Waals surface area (Å²) in [6.45, 7) is 2.76. The minimum atomic E-state index is 0.285. The summed E-state index contributed by atoms with van der Waals surface area (Å²) in [6.07, 6.45) is 0. The first-order valence-electron chi connectivity index (χ1n) is 6.64. The van der Waals surface area contributed by atoms with Crippen LogP contribution >= 0.6 is 0 Å². The van der Waals surface area contributed by atoms with E-state index >= 15 is 0 Å². The molecule has 2 heteroatoms. The van der Waals surface area contributed by atoms with Crippen molar-refractivity contribution in [1.29, 1.82) is 0 Å². The summed E-state index contributed by atoms with van der Waals surface area (Å²) in [5, 5.41) is 0. The van der Waals surface area contributed by atoms with E-state index in [-0.39, 0.29) is 6.04 Å². The van der Waals surface area contributed by atoms with Crippen LogP contribution in [0.1, 0.15) is 28.3 Å². The third kappa shape index (κ3) is 3.03. The molecule has 2 rings (SSSR count). The Morgan fingerprint density at radius 1 is 1.00 bits per heavy atom. The van der Waals surface area contributed by atoms with Crippen LogP contribution in [0.5, 0.6) is 0 Å². The van der Waals surface area contributed by atoms with Crippen LogP contribution in [0.25, 0.3) is 0 Å². The standard InChI is InChI=1S/C17H22N2/c1-13-6-4-5-7-16(13)17(19(2)3)15-10-8-14(12-18)9-11-15/h4-11,17H,12,18H2,1-3H3. The maximum absolute atomic E-state index is 5.66. The fraction of sp³-hybridized carbons (Fsp3) is 0.294. The van der Waals surface area contributed by atoms with Crippen molar-refractivity contribution in [2.24, 2.45) is 5.73 Å². The van der Waals surface area contributed by atoms with Gasteiger partial charge in [0.1, 0.15) is 0 Å². The average Bonchev–Trinajstić information content (AvgIpc) is 2.42. The maximum atomic E-state index is 5.66. The van der Waals surface area contributed by atoms with Gasteiger partial charge in [-0.3, -0.25) is 4.90 Å². The van der Waals surface area contributed by atoms with Gasteiger partial charge in [0.25, 0.3) is 0 Å². The second-order valence-corrected chi connectivity index (χ2v) is 5.17. The number of nitrogens with two attached hydrogens (primary N) is 1. The topological polar surface area (TPSA) is 29.3 Å². The second kappa shape index (κ2) is 6.00. The minimum Gasteiger partial charge on any atom is -0.326 e. The molecule has 0 spiro atoms. The smallest absolute Gasteiger partial charge is 0.0599 e. The third-order valence-electron chi connectivity index (χ3n) is 3.53. The Morgan fingerprint density at radius 2 is 1.63 bits per heavy atom. The van der Waals surface area contributed by atoms with Gasteiger partial charge < -0.3 is 5.73 Å². The quantitative estimate of drug-likeness (QED) is 0.908. The first-order chi connectivity index (χ1) is 9.13. The molecule has 0 heterocycles. The molecule has 2 aromatic rings. The van der Waals surface area contributed by atoms with Crippen molar-refractivity contribution in [2.45, 2.75) is 19.5 Å². The van der Waals surface area contributed by atoms with Crippen molar-refractivity contribution in [1.82, 2.24) is 4.90 Å². The predicted octanol–water partition coefficient (Wildman–Crippen LogP) is 3.10. The van der Waals surface area contributed by atoms with Crippen molar-refractivity contribution < 1.29 is 0 Å². The van der Waals surface area contributed by atoms with E-state index in [9.17, 15) is 0 Å². The Bertz CT molecular complexity index is 529. The molecule has 2 aromatic carbocycles. The summed E-state index contributed by atoms with van der Waals surface area (Å²) in [5.74, 6) is 0.